The Bertz CT molecular complexity index is 2280. The molecule has 0 atom stereocenters. The first-order chi connectivity index (χ1) is 22.1. The number of para-hydroxylation sites is 1. The Morgan fingerprint density at radius 1 is 0.739 bits per heavy atom. The first kappa shape index (κ1) is 30.3. The molecule has 0 bridgehead atoms. The Labute approximate surface area is 281 Å². The van der Waals surface area contributed by atoms with Crippen LogP contribution >= 0.6 is 23.1 Å². The maximum Gasteiger partial charge on any atom is 0.0637 e. The Kier molecular flexibility index (Phi) is 7.58. The summed E-state index contributed by atoms with van der Waals surface area (Å²) in [6.45, 7) is 21.7. The van der Waals surface area contributed by atoms with Crippen LogP contribution in [0.15, 0.2) is 120 Å². The molecular weight excluding hydrogens is 595 g/mol. The highest BCUT2D eigenvalue weighted by Gasteiger charge is 2.37. The Hall–Kier alpha value is -4.31. The van der Waals surface area contributed by atoms with Crippen LogP contribution in [0.3, 0.4) is 0 Å². The molecule has 6 aromatic rings. The van der Waals surface area contributed by atoms with Crippen molar-refractivity contribution in [1.29, 1.82) is 0 Å². The minimum absolute atomic E-state index is 0.105. The van der Waals surface area contributed by atoms with E-state index in [-0.39, 0.29) is 5.41 Å². The summed E-state index contributed by atoms with van der Waals surface area (Å²) in [6.07, 6.45) is 10.1. The lowest BCUT2D eigenvalue weighted by Crippen LogP contribution is -2.15. The molecule has 0 radical (unpaired) electrons. The van der Waals surface area contributed by atoms with Gasteiger partial charge in [-0.05, 0) is 115 Å². The largest absolute Gasteiger partial charge is 0.308 e. The SMILES string of the molecule is C=C/C=C\c1sc(/C(=C\C=C)n2c3ccccc3c3cc4c(cc32)-c2cc(Sc3ccccc3C)c(C)cc2C4(C)C)c(C)c1C. The van der Waals surface area contributed by atoms with E-state index < -0.39 is 0 Å². The molecule has 2 heterocycles. The number of fused-ring (bicyclic) bond motifs is 6. The lowest BCUT2D eigenvalue weighted by atomic mass is 9.81. The van der Waals surface area contributed by atoms with E-state index >= 15 is 0 Å². The molecule has 0 fully saturated rings. The van der Waals surface area contributed by atoms with Gasteiger partial charge < -0.3 is 4.57 Å². The van der Waals surface area contributed by atoms with Crippen molar-refractivity contribution in [3.8, 4) is 11.1 Å². The van der Waals surface area contributed by atoms with Gasteiger partial charge >= 0.3 is 0 Å². The van der Waals surface area contributed by atoms with Crippen molar-refractivity contribution in [2.45, 2.75) is 56.7 Å². The zero-order valence-electron chi connectivity index (χ0n) is 27.5. The van der Waals surface area contributed by atoms with Crippen LogP contribution in [0, 0.1) is 27.7 Å². The van der Waals surface area contributed by atoms with E-state index in [1.807, 2.05) is 41.3 Å². The van der Waals surface area contributed by atoms with Gasteiger partial charge in [-0.15, -0.1) is 11.3 Å². The zero-order valence-corrected chi connectivity index (χ0v) is 29.1. The van der Waals surface area contributed by atoms with Crippen LogP contribution in [0.1, 0.15) is 57.0 Å². The topological polar surface area (TPSA) is 4.93 Å². The molecule has 3 heteroatoms. The molecule has 0 saturated heterocycles. The summed E-state index contributed by atoms with van der Waals surface area (Å²) in [5.74, 6) is 0. The van der Waals surface area contributed by atoms with Crippen molar-refractivity contribution >= 4 is 56.7 Å². The quantitative estimate of drug-likeness (QED) is 0.158. The summed E-state index contributed by atoms with van der Waals surface area (Å²) in [5, 5.41) is 2.56. The van der Waals surface area contributed by atoms with Gasteiger partial charge in [0.2, 0.25) is 0 Å². The van der Waals surface area contributed by atoms with Crippen LogP contribution in [0.2, 0.25) is 0 Å². The monoisotopic (exact) mass is 633 g/mol. The van der Waals surface area contributed by atoms with Crippen molar-refractivity contribution in [1.82, 2.24) is 4.57 Å². The lowest BCUT2D eigenvalue weighted by Gasteiger charge is -2.22. The van der Waals surface area contributed by atoms with Crippen molar-refractivity contribution < 1.29 is 0 Å². The van der Waals surface area contributed by atoms with E-state index in [1.54, 1.807) is 0 Å². The number of hydrogen-bond acceptors (Lipinski definition) is 2. The summed E-state index contributed by atoms with van der Waals surface area (Å²) >= 11 is 3.71. The van der Waals surface area contributed by atoms with Gasteiger partial charge in [-0.1, -0.05) is 99.5 Å². The first-order valence-electron chi connectivity index (χ1n) is 15.8. The van der Waals surface area contributed by atoms with Gasteiger partial charge in [-0.2, -0.15) is 0 Å². The van der Waals surface area contributed by atoms with Crippen LogP contribution in [0.5, 0.6) is 0 Å². The molecule has 2 aromatic heterocycles. The van der Waals surface area contributed by atoms with Crippen molar-refractivity contribution in [3.63, 3.8) is 0 Å². The summed E-state index contributed by atoms with van der Waals surface area (Å²) in [7, 11) is 0. The Morgan fingerprint density at radius 3 is 2.22 bits per heavy atom. The van der Waals surface area contributed by atoms with Crippen LogP contribution in [-0.2, 0) is 5.41 Å². The Morgan fingerprint density at radius 2 is 1.46 bits per heavy atom. The van der Waals surface area contributed by atoms with Crippen LogP contribution < -0.4 is 0 Å². The molecule has 7 rings (SSSR count). The third kappa shape index (κ3) is 4.68. The summed E-state index contributed by atoms with van der Waals surface area (Å²) in [6, 6.07) is 27.3. The first-order valence-corrected chi connectivity index (χ1v) is 17.5. The molecule has 46 heavy (non-hydrogen) atoms. The average Bonchev–Trinajstić information content (AvgIpc) is 3.59. The molecule has 0 unspecified atom stereocenters. The van der Waals surface area contributed by atoms with Gasteiger partial charge in [-0.3, -0.25) is 0 Å². The van der Waals surface area contributed by atoms with Gasteiger partial charge in [0.05, 0.1) is 21.6 Å². The van der Waals surface area contributed by atoms with Crippen molar-refractivity contribution in [2.75, 3.05) is 0 Å². The number of nitrogens with zero attached hydrogens (tertiary/aromatic N) is 1. The summed E-state index contributed by atoms with van der Waals surface area (Å²) in [4.78, 5) is 5.14. The van der Waals surface area contributed by atoms with Gasteiger partial charge in [0.1, 0.15) is 0 Å². The minimum atomic E-state index is -0.105. The van der Waals surface area contributed by atoms with Crippen molar-refractivity contribution in [3.05, 3.63) is 153 Å². The molecule has 1 aliphatic carbocycles. The van der Waals surface area contributed by atoms with E-state index in [0.29, 0.717) is 0 Å². The zero-order chi connectivity index (χ0) is 32.3. The maximum atomic E-state index is 4.15. The number of aromatic nitrogens is 1. The van der Waals surface area contributed by atoms with Gasteiger partial charge in [0, 0.05) is 30.9 Å². The second-order valence-electron chi connectivity index (χ2n) is 12.9. The fourth-order valence-electron chi connectivity index (χ4n) is 7.03. The predicted octanol–water partition coefficient (Wildman–Crippen LogP) is 12.8. The Balaban J connectivity index is 1.50. The van der Waals surface area contributed by atoms with Crippen molar-refractivity contribution in [2.24, 2.45) is 0 Å². The van der Waals surface area contributed by atoms with Crippen LogP contribution in [-0.4, -0.2) is 4.57 Å². The molecule has 1 nitrogen and oxygen atoms in total. The fraction of sp³-hybridized carbons (Fsp3) is 0.163. The summed E-state index contributed by atoms with van der Waals surface area (Å²) < 4.78 is 2.47. The molecule has 0 N–H and O–H groups in total. The minimum Gasteiger partial charge on any atom is -0.308 e. The van der Waals surface area contributed by atoms with Crippen LogP contribution in [0.25, 0.3) is 44.7 Å². The maximum absolute atomic E-state index is 4.15. The highest BCUT2D eigenvalue weighted by Crippen LogP contribution is 2.53. The van der Waals surface area contributed by atoms with Gasteiger partial charge in [0.15, 0.2) is 0 Å². The van der Waals surface area contributed by atoms with E-state index in [0.717, 1.165) is 5.70 Å². The smallest absolute Gasteiger partial charge is 0.0637 e. The number of rotatable bonds is 7. The van der Waals surface area contributed by atoms with Crippen LogP contribution in [0.4, 0.5) is 0 Å². The number of aryl methyl sites for hydroxylation is 2. The third-order valence-corrected chi connectivity index (χ3v) is 12.4. The highest BCUT2D eigenvalue weighted by atomic mass is 32.2. The van der Waals surface area contributed by atoms with Gasteiger partial charge in [0.25, 0.3) is 0 Å². The third-order valence-electron chi connectivity index (χ3n) is 9.70. The normalized spacial score (nSPS) is 13.9. The average molecular weight is 634 g/mol. The highest BCUT2D eigenvalue weighted by molar-refractivity contribution is 7.99. The lowest BCUT2D eigenvalue weighted by molar-refractivity contribution is 0.660. The number of allylic oxidation sites excluding steroid dienone is 4. The van der Waals surface area contributed by atoms with E-state index in [2.05, 4.69) is 144 Å². The summed E-state index contributed by atoms with van der Waals surface area (Å²) in [5.41, 5.74) is 14.2. The second-order valence-corrected chi connectivity index (χ2v) is 15.0. The predicted molar refractivity (Wildman–Crippen MR) is 204 cm³/mol. The standard InChI is InChI=1S/C43H39NS2/c1-9-11-20-40-28(5)29(6)42(46-40)37(16-10-2)44-36-19-14-13-18-30(36)33-23-35-31(24-38(33)44)32-25-41(27(4)22-34(32)43(35,7)8)45-39-21-15-12-17-26(39)3/h9-25H,1-2H2,3-8H3/b20-11-,37-16+. The number of thiophene rings is 1. The molecular formula is C43H39NS2. The number of hydrogen-bond donors (Lipinski definition) is 0. The molecule has 0 spiro atoms. The molecule has 1 aliphatic rings. The second kappa shape index (κ2) is 11.5. The van der Waals surface area contributed by atoms with E-state index in [1.165, 1.54) is 85.9 Å². The molecule has 4 aromatic carbocycles. The number of benzene rings is 4. The van der Waals surface area contributed by atoms with Gasteiger partial charge in [-0.25, -0.2) is 0 Å². The van der Waals surface area contributed by atoms with E-state index in [4.69, 9.17) is 0 Å². The molecule has 0 aliphatic heterocycles. The fourth-order valence-corrected chi connectivity index (χ4v) is 9.28. The molecule has 228 valence electrons. The molecule has 0 amide bonds. The van der Waals surface area contributed by atoms with E-state index in [9.17, 15) is 0 Å². The molecule has 0 saturated carbocycles.